The molecule has 0 spiro atoms. The summed E-state index contributed by atoms with van der Waals surface area (Å²) in [7, 11) is 1.71. The highest BCUT2D eigenvalue weighted by molar-refractivity contribution is 5.94. The third kappa shape index (κ3) is 3.15. The lowest BCUT2D eigenvalue weighted by atomic mass is 10.2. The van der Waals surface area contributed by atoms with Crippen LogP contribution in [-0.4, -0.2) is 34.4 Å². The fourth-order valence-corrected chi connectivity index (χ4v) is 1.67. The van der Waals surface area contributed by atoms with E-state index in [1.54, 1.807) is 25.8 Å². The van der Waals surface area contributed by atoms with Crippen LogP contribution in [0.1, 0.15) is 41.6 Å². The van der Waals surface area contributed by atoms with Crippen molar-refractivity contribution in [1.82, 2.24) is 14.9 Å². The topological polar surface area (TPSA) is 66.1 Å². The van der Waals surface area contributed by atoms with Gasteiger partial charge in [0.2, 0.25) is 0 Å². The van der Waals surface area contributed by atoms with Crippen LogP contribution in [0.3, 0.4) is 0 Å². The maximum absolute atomic E-state index is 12.1. The minimum atomic E-state index is -0.358. The molecule has 0 atom stereocenters. The molecule has 0 aromatic carbocycles. The van der Waals surface area contributed by atoms with Crippen molar-refractivity contribution < 1.29 is 4.79 Å². The zero-order valence-corrected chi connectivity index (χ0v) is 10.8. The third-order valence-electron chi connectivity index (χ3n) is 2.63. The number of carbonyl (C=O) groups is 1. The summed E-state index contributed by atoms with van der Waals surface area (Å²) in [6, 6.07) is 0. The highest BCUT2D eigenvalue weighted by atomic mass is 16.2. The minimum Gasteiger partial charge on any atom is -0.341 e. The van der Waals surface area contributed by atoms with Gasteiger partial charge in [-0.1, -0.05) is 13.3 Å². The van der Waals surface area contributed by atoms with Gasteiger partial charge in [0.25, 0.3) is 11.5 Å². The lowest BCUT2D eigenvalue weighted by Gasteiger charge is -2.17. The van der Waals surface area contributed by atoms with E-state index < -0.39 is 0 Å². The average Bonchev–Trinajstić information content (AvgIpc) is 2.24. The normalized spacial score (nSPS) is 10.4. The summed E-state index contributed by atoms with van der Waals surface area (Å²) < 4.78 is 0. The number of nitrogens with zero attached hydrogens (tertiary/aromatic N) is 2. The molecule has 94 valence electrons. The van der Waals surface area contributed by atoms with Gasteiger partial charge in [0.1, 0.15) is 11.4 Å². The molecule has 0 fully saturated rings. The van der Waals surface area contributed by atoms with Gasteiger partial charge in [-0.25, -0.2) is 4.98 Å². The van der Waals surface area contributed by atoms with E-state index in [9.17, 15) is 9.59 Å². The number of rotatable bonds is 4. The van der Waals surface area contributed by atoms with Gasteiger partial charge in [0.15, 0.2) is 0 Å². The molecule has 0 bridgehead atoms. The number of hydrogen-bond acceptors (Lipinski definition) is 3. The van der Waals surface area contributed by atoms with E-state index in [1.807, 2.05) is 0 Å². The quantitative estimate of drug-likeness (QED) is 0.857. The van der Waals surface area contributed by atoms with Gasteiger partial charge in [-0.05, 0) is 20.3 Å². The highest BCUT2D eigenvalue weighted by Gasteiger charge is 2.18. The first-order valence-corrected chi connectivity index (χ1v) is 5.80. The van der Waals surface area contributed by atoms with Crippen LogP contribution in [0.4, 0.5) is 0 Å². The maximum Gasteiger partial charge on any atom is 0.264 e. The first-order valence-electron chi connectivity index (χ1n) is 5.80. The molecule has 0 aliphatic heterocycles. The second-order valence-corrected chi connectivity index (χ2v) is 4.19. The van der Waals surface area contributed by atoms with Crippen LogP contribution in [0.15, 0.2) is 4.79 Å². The van der Waals surface area contributed by atoms with Crippen molar-refractivity contribution in [3.05, 3.63) is 27.4 Å². The molecule has 0 aliphatic rings. The van der Waals surface area contributed by atoms with E-state index in [4.69, 9.17) is 0 Å². The van der Waals surface area contributed by atoms with Crippen LogP contribution >= 0.6 is 0 Å². The summed E-state index contributed by atoms with van der Waals surface area (Å²) in [5.41, 5.74) is 0.275. The lowest BCUT2D eigenvalue weighted by Crippen LogP contribution is -2.34. The summed E-state index contributed by atoms with van der Waals surface area (Å²) in [6.07, 6.45) is 1.94. The summed E-state index contributed by atoms with van der Waals surface area (Å²) in [6.45, 7) is 6.10. The number of nitrogens with one attached hydrogen (secondary N) is 1. The van der Waals surface area contributed by atoms with Gasteiger partial charge in [-0.2, -0.15) is 0 Å². The molecule has 0 aliphatic carbocycles. The van der Waals surface area contributed by atoms with E-state index in [0.717, 1.165) is 12.8 Å². The first-order chi connectivity index (χ1) is 7.97. The molecule has 1 amide bonds. The Hall–Kier alpha value is -1.65. The number of amides is 1. The zero-order chi connectivity index (χ0) is 13.0. The van der Waals surface area contributed by atoms with Crippen LogP contribution in [0.5, 0.6) is 0 Å². The number of unbranched alkanes of at least 4 members (excludes halogenated alkanes) is 1. The molecule has 5 nitrogen and oxygen atoms in total. The molecule has 0 saturated heterocycles. The molecule has 0 saturated carbocycles. The molecule has 17 heavy (non-hydrogen) atoms. The lowest BCUT2D eigenvalue weighted by molar-refractivity contribution is 0.0790. The summed E-state index contributed by atoms with van der Waals surface area (Å²) >= 11 is 0. The number of hydrogen-bond donors (Lipinski definition) is 1. The van der Waals surface area contributed by atoms with Crippen LogP contribution in [0.25, 0.3) is 0 Å². The number of aromatic nitrogens is 2. The molecular formula is C12H19N3O2. The van der Waals surface area contributed by atoms with Gasteiger partial charge in [-0.15, -0.1) is 0 Å². The number of carbonyl (C=O) groups excluding carboxylic acids is 1. The Morgan fingerprint density at radius 1 is 1.41 bits per heavy atom. The molecular weight excluding hydrogens is 218 g/mol. The van der Waals surface area contributed by atoms with Crippen LogP contribution < -0.4 is 5.56 Å². The van der Waals surface area contributed by atoms with Crippen LogP contribution in [-0.2, 0) is 0 Å². The second-order valence-electron chi connectivity index (χ2n) is 4.19. The van der Waals surface area contributed by atoms with Gasteiger partial charge in [0.05, 0.1) is 5.69 Å². The number of aryl methyl sites for hydroxylation is 2. The SMILES string of the molecule is CCCCN(C)C(=O)c1c(C)nc(C)[nH]c1=O. The molecule has 0 unspecified atom stereocenters. The molecule has 5 heteroatoms. The summed E-state index contributed by atoms with van der Waals surface area (Å²) in [4.78, 5) is 32.0. The highest BCUT2D eigenvalue weighted by Crippen LogP contribution is 2.04. The molecule has 1 rings (SSSR count). The first kappa shape index (κ1) is 13.4. The number of aromatic amines is 1. The smallest absolute Gasteiger partial charge is 0.264 e. The van der Waals surface area contributed by atoms with Gasteiger partial charge < -0.3 is 9.88 Å². The van der Waals surface area contributed by atoms with Gasteiger partial charge >= 0.3 is 0 Å². The molecule has 1 N–H and O–H groups in total. The minimum absolute atomic E-state index is 0.147. The van der Waals surface area contributed by atoms with Crippen molar-refractivity contribution in [2.75, 3.05) is 13.6 Å². The summed E-state index contributed by atoms with van der Waals surface area (Å²) in [5.74, 6) is 0.268. The number of H-pyrrole nitrogens is 1. The molecule has 0 radical (unpaired) electrons. The van der Waals surface area contributed by atoms with Crippen molar-refractivity contribution in [1.29, 1.82) is 0 Å². The van der Waals surface area contributed by atoms with E-state index >= 15 is 0 Å². The van der Waals surface area contributed by atoms with Crippen molar-refractivity contribution in [3.8, 4) is 0 Å². The van der Waals surface area contributed by atoms with E-state index in [1.165, 1.54) is 0 Å². The Labute approximate surface area is 101 Å². The van der Waals surface area contributed by atoms with Gasteiger partial charge in [-0.3, -0.25) is 9.59 Å². The second kappa shape index (κ2) is 5.61. The predicted octanol–water partition coefficient (Wildman–Crippen LogP) is 1.26. The van der Waals surface area contributed by atoms with Crippen LogP contribution in [0.2, 0.25) is 0 Å². The van der Waals surface area contributed by atoms with Crippen molar-refractivity contribution >= 4 is 5.91 Å². The Morgan fingerprint density at radius 3 is 2.59 bits per heavy atom. The Morgan fingerprint density at radius 2 is 2.06 bits per heavy atom. The Balaban J connectivity index is 3.00. The van der Waals surface area contributed by atoms with Crippen LogP contribution in [0, 0.1) is 13.8 Å². The largest absolute Gasteiger partial charge is 0.341 e. The zero-order valence-electron chi connectivity index (χ0n) is 10.8. The molecule has 1 heterocycles. The van der Waals surface area contributed by atoms with Gasteiger partial charge in [0, 0.05) is 13.6 Å². The monoisotopic (exact) mass is 237 g/mol. The Bertz CT molecular complexity index is 465. The van der Waals surface area contributed by atoms with Crippen molar-refractivity contribution in [3.63, 3.8) is 0 Å². The Kier molecular flexibility index (Phi) is 4.43. The van der Waals surface area contributed by atoms with E-state index in [-0.39, 0.29) is 17.0 Å². The molecule has 1 aromatic heterocycles. The van der Waals surface area contributed by atoms with E-state index in [2.05, 4.69) is 16.9 Å². The predicted molar refractivity (Wildman–Crippen MR) is 66.2 cm³/mol. The maximum atomic E-state index is 12.1. The standard InChI is InChI=1S/C12H19N3O2/c1-5-6-7-15(4)12(17)10-8(2)13-9(3)14-11(10)16/h5-7H2,1-4H3,(H,13,14,16). The fraction of sp³-hybridized carbons (Fsp3) is 0.583. The molecule has 1 aromatic rings. The average molecular weight is 237 g/mol. The van der Waals surface area contributed by atoms with Crippen molar-refractivity contribution in [2.45, 2.75) is 33.6 Å². The van der Waals surface area contributed by atoms with Crippen molar-refractivity contribution in [2.24, 2.45) is 0 Å². The van der Waals surface area contributed by atoms with E-state index in [0.29, 0.717) is 18.1 Å². The summed E-state index contributed by atoms with van der Waals surface area (Å²) in [5, 5.41) is 0. The third-order valence-corrected chi connectivity index (χ3v) is 2.63. The fourth-order valence-electron chi connectivity index (χ4n) is 1.67.